The van der Waals surface area contributed by atoms with Gasteiger partial charge in [0.25, 0.3) is 0 Å². The van der Waals surface area contributed by atoms with Crippen molar-refractivity contribution in [3.8, 4) is 0 Å². The highest BCUT2D eigenvalue weighted by Crippen LogP contribution is 2.46. The Kier molecular flexibility index (Phi) is 3.68. The largest absolute Gasteiger partial charge is 0.414 e. The van der Waals surface area contributed by atoms with Crippen molar-refractivity contribution in [2.24, 2.45) is 16.7 Å². The van der Waals surface area contributed by atoms with E-state index in [2.05, 4.69) is 54.6 Å². The molecule has 1 aliphatic heterocycles. The first-order valence-electron chi connectivity index (χ1n) is 6.61. The van der Waals surface area contributed by atoms with Crippen molar-refractivity contribution >= 4 is 8.32 Å². The Morgan fingerprint density at radius 2 is 1.44 bits per heavy atom. The van der Waals surface area contributed by atoms with Crippen LogP contribution in [0.2, 0.25) is 19.1 Å². The van der Waals surface area contributed by atoms with Gasteiger partial charge in [-0.3, -0.25) is 0 Å². The van der Waals surface area contributed by atoms with Gasteiger partial charge in [0.05, 0.1) is 6.10 Å². The first-order valence-corrected chi connectivity index (χ1v) is 9.73. The molecule has 0 aromatic heterocycles. The lowest BCUT2D eigenvalue weighted by molar-refractivity contribution is -0.0344. The highest BCUT2D eigenvalue weighted by molar-refractivity contribution is 6.71. The molecule has 1 nitrogen and oxygen atoms in total. The first-order chi connectivity index (χ1) is 6.93. The molecule has 1 aliphatic rings. The fraction of sp³-hybridized carbons (Fsp3) is 1.00. The highest BCUT2D eigenvalue weighted by atomic mass is 28.4. The first kappa shape index (κ1) is 14.2. The fourth-order valence-corrected chi connectivity index (χ4v) is 5.14. The van der Waals surface area contributed by atoms with E-state index in [-0.39, 0.29) is 5.41 Å². The molecule has 1 fully saturated rings. The smallest absolute Gasteiger partial charge is 0.187 e. The van der Waals surface area contributed by atoms with Crippen LogP contribution in [0.25, 0.3) is 0 Å². The Labute approximate surface area is 103 Å². The van der Waals surface area contributed by atoms with Gasteiger partial charge in [0.2, 0.25) is 0 Å². The van der Waals surface area contributed by atoms with Crippen molar-refractivity contribution < 1.29 is 4.43 Å². The van der Waals surface area contributed by atoms with E-state index in [9.17, 15) is 0 Å². The van der Waals surface area contributed by atoms with E-state index in [1.807, 2.05) is 0 Å². The lowest BCUT2D eigenvalue weighted by Crippen LogP contribution is -2.53. The summed E-state index contributed by atoms with van der Waals surface area (Å²) >= 11 is 0. The summed E-state index contributed by atoms with van der Waals surface area (Å²) in [5.41, 5.74) is 0.630. The van der Waals surface area contributed by atoms with Gasteiger partial charge < -0.3 is 4.43 Å². The van der Waals surface area contributed by atoms with Gasteiger partial charge in [0.15, 0.2) is 8.32 Å². The molecular weight excluding hydrogens is 212 g/mol. The van der Waals surface area contributed by atoms with Crippen LogP contribution in [-0.4, -0.2) is 14.4 Å². The zero-order valence-electron chi connectivity index (χ0n) is 12.5. The van der Waals surface area contributed by atoms with Crippen molar-refractivity contribution in [3.63, 3.8) is 0 Å². The SMILES string of the molecule is CC(C)(C)C1CC[Si](C)(C)OC1C(C)(C)C. The molecule has 0 bridgehead atoms. The summed E-state index contributed by atoms with van der Waals surface area (Å²) < 4.78 is 6.52. The van der Waals surface area contributed by atoms with Crippen LogP contribution < -0.4 is 0 Å². The minimum absolute atomic E-state index is 0.267. The van der Waals surface area contributed by atoms with Gasteiger partial charge in [-0.15, -0.1) is 0 Å². The fourth-order valence-electron chi connectivity index (χ4n) is 2.81. The van der Waals surface area contributed by atoms with Crippen LogP contribution in [0.4, 0.5) is 0 Å². The third-order valence-electron chi connectivity index (χ3n) is 3.83. The second-order valence-electron chi connectivity index (χ2n) is 8.18. The summed E-state index contributed by atoms with van der Waals surface area (Å²) in [7, 11) is -1.38. The Balaban J connectivity index is 2.94. The molecule has 0 aromatic rings. The molecule has 0 spiro atoms. The van der Waals surface area contributed by atoms with E-state index in [1.54, 1.807) is 0 Å². The van der Waals surface area contributed by atoms with Crippen LogP contribution in [0.3, 0.4) is 0 Å². The molecular formula is C14H30OSi. The maximum absolute atomic E-state index is 6.52. The molecule has 0 N–H and O–H groups in total. The Morgan fingerprint density at radius 1 is 0.938 bits per heavy atom. The normalized spacial score (nSPS) is 31.5. The van der Waals surface area contributed by atoms with Gasteiger partial charge in [-0.25, -0.2) is 0 Å². The van der Waals surface area contributed by atoms with E-state index < -0.39 is 8.32 Å². The maximum Gasteiger partial charge on any atom is 0.187 e. The van der Waals surface area contributed by atoms with Gasteiger partial charge in [-0.05, 0) is 42.3 Å². The number of rotatable bonds is 0. The molecule has 1 rings (SSSR count). The second-order valence-corrected chi connectivity index (χ2v) is 12.4. The van der Waals surface area contributed by atoms with Crippen molar-refractivity contribution in [2.75, 3.05) is 0 Å². The molecule has 1 saturated heterocycles. The van der Waals surface area contributed by atoms with Crippen molar-refractivity contribution in [3.05, 3.63) is 0 Å². The van der Waals surface area contributed by atoms with Crippen molar-refractivity contribution in [1.82, 2.24) is 0 Å². The molecule has 2 atom stereocenters. The van der Waals surface area contributed by atoms with Crippen molar-refractivity contribution in [1.29, 1.82) is 0 Å². The summed E-state index contributed by atoms with van der Waals surface area (Å²) in [6.07, 6.45) is 1.79. The van der Waals surface area contributed by atoms with Crippen molar-refractivity contribution in [2.45, 2.75) is 73.2 Å². The minimum Gasteiger partial charge on any atom is -0.414 e. The highest BCUT2D eigenvalue weighted by Gasteiger charge is 2.46. The molecule has 0 amide bonds. The summed E-state index contributed by atoms with van der Waals surface area (Å²) in [5, 5.41) is 0. The average Bonchev–Trinajstić information content (AvgIpc) is 1.97. The molecule has 16 heavy (non-hydrogen) atoms. The summed E-state index contributed by atoms with van der Waals surface area (Å²) in [4.78, 5) is 0. The molecule has 0 radical (unpaired) electrons. The third kappa shape index (κ3) is 3.33. The van der Waals surface area contributed by atoms with E-state index in [0.717, 1.165) is 0 Å². The van der Waals surface area contributed by atoms with E-state index in [4.69, 9.17) is 4.43 Å². The Hall–Kier alpha value is 0.177. The van der Waals surface area contributed by atoms with Crippen LogP contribution in [0.15, 0.2) is 0 Å². The second kappa shape index (κ2) is 4.13. The molecule has 0 aliphatic carbocycles. The van der Waals surface area contributed by atoms with Crippen LogP contribution in [0.1, 0.15) is 48.0 Å². The molecule has 1 heterocycles. The number of hydrogen-bond donors (Lipinski definition) is 0. The van der Waals surface area contributed by atoms with Crippen LogP contribution >= 0.6 is 0 Å². The summed E-state index contributed by atoms with van der Waals surface area (Å²) in [6, 6.07) is 1.32. The minimum atomic E-state index is -1.38. The van der Waals surface area contributed by atoms with Crippen LogP contribution in [0.5, 0.6) is 0 Å². The molecule has 2 heteroatoms. The molecule has 96 valence electrons. The Morgan fingerprint density at radius 3 is 1.81 bits per heavy atom. The average molecular weight is 242 g/mol. The summed E-state index contributed by atoms with van der Waals surface area (Å²) in [5.74, 6) is 0.702. The zero-order valence-corrected chi connectivity index (χ0v) is 13.5. The maximum atomic E-state index is 6.52. The predicted molar refractivity (Wildman–Crippen MR) is 74.2 cm³/mol. The number of hydrogen-bond acceptors (Lipinski definition) is 1. The predicted octanol–water partition coefficient (Wildman–Crippen LogP) is 4.69. The van der Waals surface area contributed by atoms with Gasteiger partial charge in [0.1, 0.15) is 0 Å². The van der Waals surface area contributed by atoms with E-state index in [1.165, 1.54) is 12.5 Å². The lowest BCUT2D eigenvalue weighted by Gasteiger charge is -2.50. The van der Waals surface area contributed by atoms with E-state index in [0.29, 0.717) is 17.4 Å². The third-order valence-corrected chi connectivity index (χ3v) is 6.22. The molecule has 2 unspecified atom stereocenters. The van der Waals surface area contributed by atoms with Gasteiger partial charge >= 0.3 is 0 Å². The molecule has 0 aromatic carbocycles. The Bertz CT molecular complexity index is 244. The quantitative estimate of drug-likeness (QED) is 0.560. The zero-order chi connectivity index (χ0) is 12.8. The van der Waals surface area contributed by atoms with Gasteiger partial charge in [-0.1, -0.05) is 41.5 Å². The monoisotopic (exact) mass is 242 g/mol. The van der Waals surface area contributed by atoms with Gasteiger partial charge in [-0.2, -0.15) is 0 Å². The molecule has 0 saturated carbocycles. The lowest BCUT2D eigenvalue weighted by atomic mass is 9.69. The van der Waals surface area contributed by atoms with Crippen LogP contribution in [0, 0.1) is 16.7 Å². The topological polar surface area (TPSA) is 9.23 Å². The summed E-state index contributed by atoms with van der Waals surface area (Å²) in [6.45, 7) is 18.8. The standard InChI is InChI=1S/C14H30OSi/c1-13(2,3)11-9-10-16(7,8)15-12(11)14(4,5)6/h11-12H,9-10H2,1-8H3. The van der Waals surface area contributed by atoms with E-state index >= 15 is 0 Å². The van der Waals surface area contributed by atoms with Gasteiger partial charge in [0, 0.05) is 0 Å². The van der Waals surface area contributed by atoms with Crippen LogP contribution in [-0.2, 0) is 4.43 Å².